The van der Waals surface area contributed by atoms with Gasteiger partial charge in [-0.3, -0.25) is 8.97 Å². The zero-order valence-electron chi connectivity index (χ0n) is 27.8. The van der Waals surface area contributed by atoms with Crippen LogP contribution < -0.4 is 4.74 Å². The summed E-state index contributed by atoms with van der Waals surface area (Å²) in [6.45, 7) is 8.99. The van der Waals surface area contributed by atoms with Crippen molar-refractivity contribution in [2.45, 2.75) is 39.5 Å². The second kappa shape index (κ2) is 11.3. The summed E-state index contributed by atoms with van der Waals surface area (Å²) in [6.07, 6.45) is 7.34. The Hall–Kier alpha value is -6.08. The first-order valence-electron chi connectivity index (χ1n) is 16.8. The van der Waals surface area contributed by atoms with Gasteiger partial charge in [-0.15, -0.1) is 0 Å². The molecule has 5 aromatic heterocycles. The summed E-state index contributed by atoms with van der Waals surface area (Å²) < 4.78 is 11.0. The minimum Gasteiger partial charge on any atom is -0.457 e. The molecule has 0 unspecified atom stereocenters. The van der Waals surface area contributed by atoms with E-state index in [9.17, 15) is 0 Å². The Balaban J connectivity index is 1.23. The fourth-order valence-corrected chi connectivity index (χ4v) is 7.36. The Labute approximate surface area is 283 Å². The van der Waals surface area contributed by atoms with E-state index >= 15 is 0 Å². The van der Waals surface area contributed by atoms with Gasteiger partial charge in [-0.1, -0.05) is 70.2 Å². The van der Waals surface area contributed by atoms with Crippen LogP contribution >= 0.6 is 0 Å². The molecule has 0 radical (unpaired) electrons. The highest BCUT2D eigenvalue weighted by Gasteiger charge is 2.22. The van der Waals surface area contributed by atoms with Crippen molar-refractivity contribution < 1.29 is 4.74 Å². The minimum absolute atomic E-state index is 0.342. The quantitative estimate of drug-likeness (QED) is 0.170. The number of nitrogens with zero attached hydrogens (tertiary/aromatic N) is 6. The molecule has 0 atom stereocenters. The van der Waals surface area contributed by atoms with Gasteiger partial charge >= 0.3 is 0 Å². The smallest absolute Gasteiger partial charge is 0.150 e. The van der Waals surface area contributed by atoms with Crippen molar-refractivity contribution in [3.63, 3.8) is 0 Å². The van der Waals surface area contributed by atoms with Crippen LogP contribution in [0.4, 0.5) is 0 Å². The van der Waals surface area contributed by atoms with Crippen LogP contribution in [-0.4, -0.2) is 28.9 Å². The van der Waals surface area contributed by atoms with E-state index < -0.39 is 0 Å². The average Bonchev–Trinajstić information content (AvgIpc) is 3.72. The Morgan fingerprint density at radius 3 is 2.06 bits per heavy atom. The van der Waals surface area contributed by atoms with Crippen LogP contribution in [0, 0.1) is 0 Å². The highest BCUT2D eigenvalue weighted by Crippen LogP contribution is 2.41. The van der Waals surface area contributed by atoms with Gasteiger partial charge < -0.3 is 4.74 Å². The van der Waals surface area contributed by atoms with Crippen molar-refractivity contribution in [1.29, 1.82) is 0 Å². The Morgan fingerprint density at radius 2 is 1.29 bits per heavy atom. The third kappa shape index (κ3) is 4.57. The van der Waals surface area contributed by atoms with Crippen LogP contribution in [0.1, 0.15) is 50.7 Å². The number of pyridine rings is 2. The van der Waals surface area contributed by atoms with E-state index in [2.05, 4.69) is 113 Å². The minimum atomic E-state index is 0.342. The van der Waals surface area contributed by atoms with Gasteiger partial charge in [0.05, 0.1) is 22.9 Å². The molecule has 7 nitrogen and oxygen atoms in total. The molecule has 0 amide bonds. The van der Waals surface area contributed by atoms with Gasteiger partial charge in [0.2, 0.25) is 0 Å². The summed E-state index contributed by atoms with van der Waals surface area (Å²) in [7, 11) is 0. The standard InChI is InChI=1S/C42H34N6O/c1-25(2)29-11-9-12-30(26(3)4)40(29)38-23-45-41-34-20-27(15-17-31(34)35-22-43-24-46-42(35)48(38)41)49-28-16-18-33-32-10-5-6-13-36(32)47(37(33)21-28)39-14-7-8-19-44-39/h5-26H,1-4H3. The lowest BCUT2D eigenvalue weighted by Gasteiger charge is -2.20. The molecule has 7 heteroatoms. The van der Waals surface area contributed by atoms with Gasteiger partial charge in [-0.2, -0.15) is 0 Å². The van der Waals surface area contributed by atoms with Crippen LogP contribution in [0.3, 0.4) is 0 Å². The van der Waals surface area contributed by atoms with Crippen molar-refractivity contribution in [3.8, 4) is 28.6 Å². The van der Waals surface area contributed by atoms with E-state index in [-0.39, 0.29) is 0 Å². The third-order valence-electron chi connectivity index (χ3n) is 9.58. The molecule has 0 aliphatic rings. The van der Waals surface area contributed by atoms with E-state index in [1.807, 2.05) is 48.9 Å². The summed E-state index contributed by atoms with van der Waals surface area (Å²) in [5.41, 5.74) is 8.66. The second-order valence-corrected chi connectivity index (χ2v) is 13.2. The fraction of sp³-hybridized carbons (Fsp3) is 0.143. The number of para-hydroxylation sites is 1. The Kier molecular flexibility index (Phi) is 6.69. The summed E-state index contributed by atoms with van der Waals surface area (Å²) in [4.78, 5) is 19.0. The molecule has 0 fully saturated rings. The lowest BCUT2D eigenvalue weighted by atomic mass is 9.87. The predicted molar refractivity (Wildman–Crippen MR) is 198 cm³/mol. The molecule has 238 valence electrons. The number of benzene rings is 4. The Morgan fingerprint density at radius 1 is 0.571 bits per heavy atom. The molecule has 0 bridgehead atoms. The second-order valence-electron chi connectivity index (χ2n) is 13.2. The van der Waals surface area contributed by atoms with Crippen LogP contribution in [0.2, 0.25) is 0 Å². The molecule has 0 saturated carbocycles. The first-order valence-corrected chi connectivity index (χ1v) is 16.8. The SMILES string of the molecule is CC(C)c1cccc(C(C)C)c1-c1cnc2c3cc(Oc4ccc5c6ccccc6n(-c6ccccn6)c5c4)ccc3c3cncnc3n12. The molecule has 5 heterocycles. The van der Waals surface area contributed by atoms with E-state index in [1.165, 1.54) is 22.1 Å². The number of aromatic nitrogens is 6. The molecular weight excluding hydrogens is 605 g/mol. The number of hydrogen-bond acceptors (Lipinski definition) is 5. The van der Waals surface area contributed by atoms with E-state index in [0.717, 1.165) is 66.9 Å². The number of imidazole rings is 1. The van der Waals surface area contributed by atoms with Crippen LogP contribution in [0.25, 0.3) is 66.3 Å². The monoisotopic (exact) mass is 638 g/mol. The van der Waals surface area contributed by atoms with Crippen molar-refractivity contribution in [1.82, 2.24) is 28.9 Å². The van der Waals surface area contributed by atoms with Gasteiger partial charge in [-0.25, -0.2) is 19.9 Å². The molecule has 4 aromatic carbocycles. The normalized spacial score (nSPS) is 12.0. The molecule has 0 aliphatic carbocycles. The van der Waals surface area contributed by atoms with Crippen molar-refractivity contribution in [2.75, 3.05) is 0 Å². The van der Waals surface area contributed by atoms with Crippen molar-refractivity contribution in [3.05, 3.63) is 133 Å². The summed E-state index contributed by atoms with van der Waals surface area (Å²) in [5, 5.41) is 5.28. The van der Waals surface area contributed by atoms with Gasteiger partial charge in [0.1, 0.15) is 34.9 Å². The van der Waals surface area contributed by atoms with Crippen LogP contribution in [-0.2, 0) is 0 Å². The third-order valence-corrected chi connectivity index (χ3v) is 9.58. The van der Waals surface area contributed by atoms with Gasteiger partial charge in [0, 0.05) is 45.6 Å². The summed E-state index contributed by atoms with van der Waals surface area (Å²) in [6, 6.07) is 33.5. The average molecular weight is 639 g/mol. The van der Waals surface area contributed by atoms with E-state index in [0.29, 0.717) is 11.8 Å². The zero-order valence-corrected chi connectivity index (χ0v) is 27.8. The van der Waals surface area contributed by atoms with Crippen molar-refractivity contribution in [2.24, 2.45) is 0 Å². The number of ether oxygens (including phenoxy) is 1. The lowest BCUT2D eigenvalue weighted by Crippen LogP contribution is -2.03. The maximum absolute atomic E-state index is 6.63. The highest BCUT2D eigenvalue weighted by molar-refractivity contribution is 6.12. The van der Waals surface area contributed by atoms with E-state index in [4.69, 9.17) is 14.7 Å². The molecular formula is C42H34N6O. The first-order chi connectivity index (χ1) is 24.0. The van der Waals surface area contributed by atoms with Crippen LogP contribution in [0.5, 0.6) is 11.5 Å². The Bertz CT molecular complexity index is 2680. The molecule has 9 aromatic rings. The van der Waals surface area contributed by atoms with Gasteiger partial charge in [-0.05, 0) is 76.9 Å². The molecule has 49 heavy (non-hydrogen) atoms. The van der Waals surface area contributed by atoms with Gasteiger partial charge in [0.15, 0.2) is 0 Å². The van der Waals surface area contributed by atoms with Crippen molar-refractivity contribution >= 4 is 49.3 Å². The topological polar surface area (TPSA) is 70.1 Å². The molecule has 0 N–H and O–H groups in total. The number of fused-ring (bicyclic) bond motifs is 9. The first kappa shape index (κ1) is 29.1. The maximum atomic E-state index is 6.63. The zero-order chi connectivity index (χ0) is 33.2. The molecule has 0 spiro atoms. The lowest BCUT2D eigenvalue weighted by molar-refractivity contribution is 0.484. The molecule has 9 rings (SSSR count). The fourth-order valence-electron chi connectivity index (χ4n) is 7.36. The molecule has 0 saturated heterocycles. The number of hydrogen-bond donors (Lipinski definition) is 0. The maximum Gasteiger partial charge on any atom is 0.150 e. The predicted octanol–water partition coefficient (Wildman–Crippen LogP) is 10.6. The van der Waals surface area contributed by atoms with Crippen LogP contribution in [0.15, 0.2) is 122 Å². The largest absolute Gasteiger partial charge is 0.457 e. The van der Waals surface area contributed by atoms with E-state index in [1.54, 1.807) is 6.33 Å². The highest BCUT2D eigenvalue weighted by atomic mass is 16.5. The van der Waals surface area contributed by atoms with Gasteiger partial charge in [0.25, 0.3) is 0 Å². The number of rotatable bonds is 6. The molecule has 0 aliphatic heterocycles. The summed E-state index contributed by atoms with van der Waals surface area (Å²) in [5.74, 6) is 3.01. The summed E-state index contributed by atoms with van der Waals surface area (Å²) >= 11 is 0.